The van der Waals surface area contributed by atoms with Crippen molar-refractivity contribution >= 4 is 16.8 Å². The van der Waals surface area contributed by atoms with Crippen molar-refractivity contribution in [3.8, 4) is 22.8 Å². The second-order valence-electron chi connectivity index (χ2n) is 8.49. The van der Waals surface area contributed by atoms with Crippen LogP contribution in [0.1, 0.15) is 43.5 Å². The molecule has 5 rings (SSSR count). The van der Waals surface area contributed by atoms with Crippen LogP contribution in [-0.4, -0.2) is 23.7 Å². The molecule has 0 bridgehead atoms. The summed E-state index contributed by atoms with van der Waals surface area (Å²) in [6, 6.07) is 15.7. The molecule has 1 aromatic heterocycles. The van der Waals surface area contributed by atoms with Crippen molar-refractivity contribution < 1.29 is 14.3 Å². The standard InChI is InChI=1S/C25H26N2O3/c1-15-6-5-9-20(16(15)2)27-25(28)19-13-22(26-21-8-4-3-7-18(19)21)17-10-11-23-24(12-17)30-14-29-23/h3-4,7-8,10-13,15-16,20H,5-6,9,14H2,1-2H3,(H,27,28)/t15-,16-,20+/m1/s1. The number of hydrogen-bond acceptors (Lipinski definition) is 4. The summed E-state index contributed by atoms with van der Waals surface area (Å²) in [5.41, 5.74) is 3.13. The zero-order chi connectivity index (χ0) is 20.7. The number of aromatic nitrogens is 1. The molecule has 30 heavy (non-hydrogen) atoms. The summed E-state index contributed by atoms with van der Waals surface area (Å²) < 4.78 is 10.9. The van der Waals surface area contributed by atoms with Gasteiger partial charge in [0.1, 0.15) is 0 Å². The van der Waals surface area contributed by atoms with Gasteiger partial charge in [0.25, 0.3) is 5.91 Å². The second kappa shape index (κ2) is 7.63. The molecule has 2 aromatic carbocycles. The number of benzene rings is 2. The largest absolute Gasteiger partial charge is 0.454 e. The number of rotatable bonds is 3. The molecule has 1 N–H and O–H groups in total. The van der Waals surface area contributed by atoms with E-state index in [9.17, 15) is 4.79 Å². The molecule has 0 radical (unpaired) electrons. The Morgan fingerprint density at radius 1 is 1.03 bits per heavy atom. The van der Waals surface area contributed by atoms with Gasteiger partial charge in [-0.2, -0.15) is 0 Å². The van der Waals surface area contributed by atoms with Crippen LogP contribution in [0.25, 0.3) is 22.2 Å². The average Bonchev–Trinajstić information content (AvgIpc) is 3.24. The fraction of sp³-hybridized carbons (Fsp3) is 0.360. The van der Waals surface area contributed by atoms with E-state index >= 15 is 0 Å². The highest BCUT2D eigenvalue weighted by Gasteiger charge is 2.29. The summed E-state index contributed by atoms with van der Waals surface area (Å²) >= 11 is 0. The highest BCUT2D eigenvalue weighted by molar-refractivity contribution is 6.07. The number of ether oxygens (including phenoxy) is 2. The van der Waals surface area contributed by atoms with Gasteiger partial charge < -0.3 is 14.8 Å². The van der Waals surface area contributed by atoms with Gasteiger partial charge in [0.05, 0.1) is 16.8 Å². The molecule has 0 saturated heterocycles. The van der Waals surface area contributed by atoms with Crippen molar-refractivity contribution in [2.45, 2.75) is 39.2 Å². The first-order chi connectivity index (χ1) is 14.6. The summed E-state index contributed by atoms with van der Waals surface area (Å²) in [5, 5.41) is 4.19. The summed E-state index contributed by atoms with van der Waals surface area (Å²) in [7, 11) is 0. The van der Waals surface area contributed by atoms with Crippen LogP contribution in [0.4, 0.5) is 0 Å². The third kappa shape index (κ3) is 3.38. The van der Waals surface area contributed by atoms with Crippen molar-refractivity contribution in [2.24, 2.45) is 11.8 Å². The van der Waals surface area contributed by atoms with Crippen LogP contribution < -0.4 is 14.8 Å². The lowest BCUT2D eigenvalue weighted by Crippen LogP contribution is -2.43. The Morgan fingerprint density at radius 2 is 1.87 bits per heavy atom. The third-order valence-corrected chi connectivity index (χ3v) is 6.65. The second-order valence-corrected chi connectivity index (χ2v) is 8.49. The molecule has 1 fully saturated rings. The van der Waals surface area contributed by atoms with E-state index < -0.39 is 0 Å². The van der Waals surface area contributed by atoms with Gasteiger partial charge >= 0.3 is 0 Å². The van der Waals surface area contributed by atoms with Gasteiger partial charge in [0, 0.05) is 17.0 Å². The average molecular weight is 402 g/mol. The van der Waals surface area contributed by atoms with Crippen LogP contribution in [0.5, 0.6) is 11.5 Å². The highest BCUT2D eigenvalue weighted by Crippen LogP contribution is 2.36. The Hall–Kier alpha value is -3.08. The Morgan fingerprint density at radius 3 is 2.77 bits per heavy atom. The minimum atomic E-state index is -0.0263. The molecular formula is C25H26N2O3. The van der Waals surface area contributed by atoms with Gasteiger partial charge in [0.15, 0.2) is 11.5 Å². The molecule has 154 valence electrons. The smallest absolute Gasteiger partial charge is 0.252 e. The third-order valence-electron chi connectivity index (χ3n) is 6.65. The van der Waals surface area contributed by atoms with Gasteiger partial charge in [0.2, 0.25) is 6.79 Å². The number of amides is 1. The molecular weight excluding hydrogens is 376 g/mol. The van der Waals surface area contributed by atoms with Gasteiger partial charge in [-0.15, -0.1) is 0 Å². The van der Waals surface area contributed by atoms with Crippen LogP contribution >= 0.6 is 0 Å². The fourth-order valence-electron chi connectivity index (χ4n) is 4.60. The summed E-state index contributed by atoms with van der Waals surface area (Å²) in [5.74, 6) is 2.52. The van der Waals surface area contributed by atoms with Crippen molar-refractivity contribution in [1.29, 1.82) is 0 Å². The molecule has 1 saturated carbocycles. The molecule has 3 atom stereocenters. The van der Waals surface area contributed by atoms with E-state index in [0.717, 1.165) is 40.8 Å². The SMILES string of the molecule is C[C@@H]1[C@H](C)CCC[C@@H]1NC(=O)c1cc(-c2ccc3c(c2)OCO3)nc2ccccc12. The number of nitrogens with zero attached hydrogens (tertiary/aromatic N) is 1. The van der Waals surface area contributed by atoms with Gasteiger partial charge in [-0.1, -0.05) is 44.9 Å². The minimum absolute atomic E-state index is 0.0263. The number of nitrogens with one attached hydrogen (secondary N) is 1. The predicted octanol–water partition coefficient (Wildman–Crippen LogP) is 5.19. The Kier molecular flexibility index (Phi) is 4.81. The topological polar surface area (TPSA) is 60.5 Å². The first-order valence-electron chi connectivity index (χ1n) is 10.7. The maximum Gasteiger partial charge on any atom is 0.252 e. The van der Waals surface area contributed by atoms with E-state index in [4.69, 9.17) is 14.5 Å². The van der Waals surface area contributed by atoms with E-state index in [1.165, 1.54) is 6.42 Å². The molecule has 2 heterocycles. The summed E-state index contributed by atoms with van der Waals surface area (Å²) in [6.45, 7) is 4.76. The van der Waals surface area contributed by atoms with Crippen LogP contribution in [0.15, 0.2) is 48.5 Å². The fourth-order valence-corrected chi connectivity index (χ4v) is 4.60. The maximum absolute atomic E-state index is 13.4. The van der Waals surface area contributed by atoms with Crippen LogP contribution in [0.3, 0.4) is 0 Å². The highest BCUT2D eigenvalue weighted by atomic mass is 16.7. The van der Waals surface area contributed by atoms with Crippen molar-refractivity contribution in [2.75, 3.05) is 6.79 Å². The molecule has 2 aliphatic rings. The number of fused-ring (bicyclic) bond motifs is 2. The summed E-state index contributed by atoms with van der Waals surface area (Å²) in [4.78, 5) is 18.2. The van der Waals surface area contributed by atoms with E-state index in [1.807, 2.05) is 48.5 Å². The van der Waals surface area contributed by atoms with Crippen molar-refractivity contribution in [1.82, 2.24) is 10.3 Å². The molecule has 1 aliphatic heterocycles. The zero-order valence-corrected chi connectivity index (χ0v) is 17.4. The lowest BCUT2D eigenvalue weighted by molar-refractivity contribution is 0.0892. The molecule has 5 nitrogen and oxygen atoms in total. The normalized spacial score (nSPS) is 22.8. The molecule has 5 heteroatoms. The molecule has 1 amide bonds. The predicted molar refractivity (Wildman–Crippen MR) is 117 cm³/mol. The maximum atomic E-state index is 13.4. The quantitative estimate of drug-likeness (QED) is 0.655. The van der Waals surface area contributed by atoms with Gasteiger partial charge in [-0.05, 0) is 48.6 Å². The molecule has 3 aromatic rings. The van der Waals surface area contributed by atoms with E-state index in [0.29, 0.717) is 23.1 Å². The zero-order valence-electron chi connectivity index (χ0n) is 17.4. The Bertz CT molecular complexity index is 1110. The van der Waals surface area contributed by atoms with E-state index in [-0.39, 0.29) is 18.7 Å². The Labute approximate surface area is 176 Å². The lowest BCUT2D eigenvalue weighted by Gasteiger charge is -2.34. The summed E-state index contributed by atoms with van der Waals surface area (Å²) in [6.07, 6.45) is 3.44. The van der Waals surface area contributed by atoms with E-state index in [1.54, 1.807) is 0 Å². The van der Waals surface area contributed by atoms with Crippen LogP contribution in [0, 0.1) is 11.8 Å². The number of carbonyl (C=O) groups is 1. The molecule has 0 unspecified atom stereocenters. The molecule has 0 spiro atoms. The van der Waals surface area contributed by atoms with Crippen LogP contribution in [-0.2, 0) is 0 Å². The van der Waals surface area contributed by atoms with Gasteiger partial charge in [-0.3, -0.25) is 4.79 Å². The van der Waals surface area contributed by atoms with E-state index in [2.05, 4.69) is 19.2 Å². The Balaban J connectivity index is 1.53. The number of pyridine rings is 1. The lowest BCUT2D eigenvalue weighted by atomic mass is 9.78. The van der Waals surface area contributed by atoms with Crippen LogP contribution in [0.2, 0.25) is 0 Å². The van der Waals surface area contributed by atoms with Crippen molar-refractivity contribution in [3.05, 3.63) is 54.1 Å². The monoisotopic (exact) mass is 402 g/mol. The number of para-hydroxylation sites is 1. The number of hydrogen-bond donors (Lipinski definition) is 1. The molecule has 1 aliphatic carbocycles. The minimum Gasteiger partial charge on any atom is -0.454 e. The first kappa shape index (κ1) is 18.9. The van der Waals surface area contributed by atoms with Crippen molar-refractivity contribution in [3.63, 3.8) is 0 Å². The number of carbonyl (C=O) groups excluding carboxylic acids is 1. The first-order valence-corrected chi connectivity index (χ1v) is 10.7. The van der Waals surface area contributed by atoms with Gasteiger partial charge in [-0.25, -0.2) is 4.98 Å².